The van der Waals surface area contributed by atoms with Gasteiger partial charge >= 0.3 is 0 Å². The Labute approximate surface area is 136 Å². The first-order valence-electron chi connectivity index (χ1n) is 6.31. The number of halogens is 1. The molecule has 0 saturated heterocycles. The van der Waals surface area contributed by atoms with Gasteiger partial charge in [-0.1, -0.05) is 6.07 Å². The van der Waals surface area contributed by atoms with Gasteiger partial charge in [0.2, 0.25) is 0 Å². The van der Waals surface area contributed by atoms with Crippen LogP contribution in [0.5, 0.6) is 0 Å². The molecule has 1 heterocycles. The van der Waals surface area contributed by atoms with Crippen molar-refractivity contribution in [3.63, 3.8) is 0 Å². The average molecular weight is 398 g/mol. The number of aryl methyl sites for hydroxylation is 2. The Balaban J connectivity index is 1.89. The second-order valence-corrected chi connectivity index (χ2v) is 5.84. The molecule has 0 bridgehead atoms. The smallest absolute Gasteiger partial charge is 0.269 e. The zero-order valence-corrected chi connectivity index (χ0v) is 13.8. The normalized spacial score (nSPS) is 10.2. The molecule has 0 aliphatic rings. The fraction of sp³-hybridized carbons (Fsp3) is 0.214. The van der Waals surface area contributed by atoms with Gasteiger partial charge in [0.05, 0.1) is 5.69 Å². The minimum atomic E-state index is -0.352. The molecule has 0 saturated carbocycles. The molecule has 0 radical (unpaired) electrons. The molecular weight excluding hydrogens is 383 g/mol. The van der Waals surface area contributed by atoms with E-state index in [4.69, 9.17) is 0 Å². The molecule has 21 heavy (non-hydrogen) atoms. The summed E-state index contributed by atoms with van der Waals surface area (Å²) in [6.45, 7) is 3.80. The van der Waals surface area contributed by atoms with Gasteiger partial charge in [-0.3, -0.25) is 25.1 Å². The maximum absolute atomic E-state index is 11.9. The Hall–Kier alpha value is -1.90. The molecule has 0 atom stereocenters. The van der Waals surface area contributed by atoms with Crippen LogP contribution in [0, 0.1) is 17.4 Å². The van der Waals surface area contributed by atoms with Crippen LogP contribution in [-0.2, 0) is 11.3 Å². The summed E-state index contributed by atoms with van der Waals surface area (Å²) < 4.78 is 2.54. The molecule has 2 rings (SSSR count). The molecule has 2 aromatic rings. The summed E-state index contributed by atoms with van der Waals surface area (Å²) in [5, 5.41) is 4.19. The number of rotatable bonds is 3. The van der Waals surface area contributed by atoms with Crippen LogP contribution < -0.4 is 10.9 Å². The van der Waals surface area contributed by atoms with E-state index in [2.05, 4.69) is 38.5 Å². The van der Waals surface area contributed by atoms with Crippen LogP contribution in [0.2, 0.25) is 0 Å². The number of hydrogen-bond acceptors (Lipinski definition) is 3. The van der Waals surface area contributed by atoms with Crippen LogP contribution in [0.4, 0.5) is 0 Å². The van der Waals surface area contributed by atoms with E-state index in [0.29, 0.717) is 5.56 Å². The Kier molecular flexibility index (Phi) is 4.94. The molecule has 0 aliphatic heterocycles. The predicted molar refractivity (Wildman–Crippen MR) is 86.5 cm³/mol. The van der Waals surface area contributed by atoms with Crippen molar-refractivity contribution < 1.29 is 9.59 Å². The fourth-order valence-electron chi connectivity index (χ4n) is 1.84. The van der Waals surface area contributed by atoms with Crippen LogP contribution in [0.25, 0.3) is 0 Å². The number of aromatic nitrogens is 2. The average Bonchev–Trinajstić information content (AvgIpc) is 2.74. The molecule has 0 fully saturated rings. The number of nitrogens with zero attached hydrogens (tertiary/aromatic N) is 2. The first-order valence-corrected chi connectivity index (χ1v) is 7.39. The molecule has 2 N–H and O–H groups in total. The quantitative estimate of drug-likeness (QED) is 0.609. The van der Waals surface area contributed by atoms with Crippen LogP contribution in [-0.4, -0.2) is 21.6 Å². The SMILES string of the molecule is Cc1cc(C)n(CC(=O)NNC(=O)c2cccc(I)c2)n1. The van der Waals surface area contributed by atoms with Crippen molar-refractivity contribution in [1.82, 2.24) is 20.6 Å². The minimum absolute atomic E-state index is 0.0618. The summed E-state index contributed by atoms with van der Waals surface area (Å²) in [6.07, 6.45) is 0. The van der Waals surface area contributed by atoms with Gasteiger partial charge in [-0.2, -0.15) is 5.10 Å². The molecule has 0 aliphatic carbocycles. The molecule has 1 aromatic heterocycles. The van der Waals surface area contributed by atoms with E-state index >= 15 is 0 Å². The van der Waals surface area contributed by atoms with Crippen molar-refractivity contribution in [2.45, 2.75) is 20.4 Å². The second-order valence-electron chi connectivity index (χ2n) is 4.60. The molecule has 110 valence electrons. The Morgan fingerprint density at radius 2 is 2.00 bits per heavy atom. The monoisotopic (exact) mass is 398 g/mol. The molecule has 6 nitrogen and oxygen atoms in total. The highest BCUT2D eigenvalue weighted by atomic mass is 127. The maximum atomic E-state index is 11.9. The summed E-state index contributed by atoms with van der Waals surface area (Å²) in [7, 11) is 0. The van der Waals surface area contributed by atoms with E-state index < -0.39 is 0 Å². The van der Waals surface area contributed by atoms with E-state index in [1.807, 2.05) is 26.0 Å². The van der Waals surface area contributed by atoms with Gasteiger partial charge in [0.15, 0.2) is 0 Å². The lowest BCUT2D eigenvalue weighted by atomic mass is 10.2. The van der Waals surface area contributed by atoms with Gasteiger partial charge < -0.3 is 0 Å². The maximum Gasteiger partial charge on any atom is 0.269 e. The van der Waals surface area contributed by atoms with E-state index in [0.717, 1.165) is 15.0 Å². The molecule has 7 heteroatoms. The van der Waals surface area contributed by atoms with Gasteiger partial charge in [-0.25, -0.2) is 0 Å². The summed E-state index contributed by atoms with van der Waals surface area (Å²) >= 11 is 2.12. The van der Waals surface area contributed by atoms with Crippen LogP contribution in [0.15, 0.2) is 30.3 Å². The number of carbonyl (C=O) groups excluding carboxylic acids is 2. The highest BCUT2D eigenvalue weighted by Gasteiger charge is 2.09. The first-order chi connectivity index (χ1) is 9.95. The zero-order valence-electron chi connectivity index (χ0n) is 11.7. The van der Waals surface area contributed by atoms with Crippen molar-refractivity contribution in [1.29, 1.82) is 0 Å². The Morgan fingerprint density at radius 1 is 1.24 bits per heavy atom. The van der Waals surface area contributed by atoms with Crippen molar-refractivity contribution >= 4 is 34.4 Å². The third kappa shape index (κ3) is 4.28. The zero-order chi connectivity index (χ0) is 15.4. The topological polar surface area (TPSA) is 76.0 Å². The van der Waals surface area contributed by atoms with Crippen molar-refractivity contribution in [2.24, 2.45) is 0 Å². The van der Waals surface area contributed by atoms with Crippen molar-refractivity contribution in [3.05, 3.63) is 50.9 Å². The van der Waals surface area contributed by atoms with Gasteiger partial charge in [0.25, 0.3) is 11.8 Å². The summed E-state index contributed by atoms with van der Waals surface area (Å²) in [6, 6.07) is 8.98. The summed E-state index contributed by atoms with van der Waals surface area (Å²) in [4.78, 5) is 23.7. The molecule has 2 amide bonds. The van der Waals surface area contributed by atoms with Crippen LogP contribution in [0.1, 0.15) is 21.7 Å². The Bertz CT molecular complexity index is 681. The van der Waals surface area contributed by atoms with Crippen LogP contribution in [0.3, 0.4) is 0 Å². The molecular formula is C14H15IN4O2. The largest absolute Gasteiger partial charge is 0.271 e. The van der Waals surface area contributed by atoms with Crippen molar-refractivity contribution in [2.75, 3.05) is 0 Å². The predicted octanol–water partition coefficient (Wildman–Crippen LogP) is 1.57. The lowest BCUT2D eigenvalue weighted by Gasteiger charge is -2.08. The molecule has 0 unspecified atom stereocenters. The fourth-order valence-corrected chi connectivity index (χ4v) is 2.38. The molecule has 0 spiro atoms. The lowest BCUT2D eigenvalue weighted by molar-refractivity contribution is -0.122. The van der Waals surface area contributed by atoms with Gasteiger partial charge in [0.1, 0.15) is 6.54 Å². The number of hydrogen-bond donors (Lipinski definition) is 2. The number of carbonyl (C=O) groups is 2. The number of hydrazine groups is 1. The summed E-state index contributed by atoms with van der Waals surface area (Å²) in [5.74, 6) is -0.685. The second kappa shape index (κ2) is 6.70. The van der Waals surface area contributed by atoms with E-state index in [-0.39, 0.29) is 18.4 Å². The van der Waals surface area contributed by atoms with Gasteiger partial charge in [-0.05, 0) is 60.7 Å². The third-order valence-corrected chi connectivity index (χ3v) is 3.47. The lowest BCUT2D eigenvalue weighted by Crippen LogP contribution is -2.43. The number of nitrogens with one attached hydrogen (secondary N) is 2. The van der Waals surface area contributed by atoms with Crippen LogP contribution >= 0.6 is 22.6 Å². The summed E-state index contributed by atoms with van der Waals surface area (Å²) in [5.41, 5.74) is 7.01. The third-order valence-electron chi connectivity index (χ3n) is 2.80. The highest BCUT2D eigenvalue weighted by molar-refractivity contribution is 14.1. The Morgan fingerprint density at radius 3 is 2.62 bits per heavy atom. The minimum Gasteiger partial charge on any atom is -0.271 e. The number of amides is 2. The number of benzene rings is 1. The first kappa shape index (κ1) is 15.5. The van der Waals surface area contributed by atoms with E-state index in [1.54, 1.807) is 22.9 Å². The van der Waals surface area contributed by atoms with Gasteiger partial charge in [-0.15, -0.1) is 0 Å². The van der Waals surface area contributed by atoms with E-state index in [9.17, 15) is 9.59 Å². The molecule has 1 aromatic carbocycles. The van der Waals surface area contributed by atoms with Crippen molar-refractivity contribution in [3.8, 4) is 0 Å². The standard InChI is InChI=1S/C14H15IN4O2/c1-9-6-10(2)19(18-9)8-13(20)16-17-14(21)11-4-3-5-12(15)7-11/h3-7H,8H2,1-2H3,(H,16,20)(H,17,21). The van der Waals surface area contributed by atoms with Gasteiger partial charge in [0, 0.05) is 14.8 Å². The highest BCUT2D eigenvalue weighted by Crippen LogP contribution is 2.07. The van der Waals surface area contributed by atoms with E-state index in [1.165, 1.54) is 0 Å².